The first-order valence-electron chi connectivity index (χ1n) is 6.88. The van der Waals surface area contributed by atoms with Gasteiger partial charge in [-0.3, -0.25) is 0 Å². The highest BCUT2D eigenvalue weighted by atomic mass is 16.5. The molecule has 0 aliphatic heterocycles. The van der Waals surface area contributed by atoms with Crippen LogP contribution in [0.15, 0.2) is 29.4 Å². The second-order valence-electron chi connectivity index (χ2n) is 5.37. The van der Waals surface area contributed by atoms with Gasteiger partial charge in [-0.2, -0.15) is 5.26 Å². The Morgan fingerprint density at radius 3 is 2.50 bits per heavy atom. The number of nitriles is 1. The predicted molar refractivity (Wildman–Crippen MR) is 79.2 cm³/mol. The highest BCUT2D eigenvalue weighted by molar-refractivity contribution is 6.00. The van der Waals surface area contributed by atoms with E-state index in [0.29, 0.717) is 18.7 Å². The molecule has 1 aromatic carbocycles. The van der Waals surface area contributed by atoms with E-state index >= 15 is 0 Å². The molecule has 0 saturated carbocycles. The minimum absolute atomic E-state index is 0.291. The maximum atomic E-state index is 8.92. The molecule has 0 aliphatic rings. The summed E-state index contributed by atoms with van der Waals surface area (Å²) < 4.78 is 5.64. The zero-order chi connectivity index (χ0) is 15.0. The van der Waals surface area contributed by atoms with Crippen molar-refractivity contribution in [2.75, 3.05) is 6.61 Å². The number of benzene rings is 1. The van der Waals surface area contributed by atoms with E-state index in [-0.39, 0.29) is 5.41 Å². The molecule has 4 heteroatoms. The first-order valence-corrected chi connectivity index (χ1v) is 6.88. The molecule has 0 spiro atoms. The summed E-state index contributed by atoms with van der Waals surface area (Å²) in [6, 6.07) is 9.78. The Morgan fingerprint density at radius 1 is 1.35 bits per heavy atom. The third-order valence-electron chi connectivity index (χ3n) is 3.16. The molecule has 108 valence electrons. The van der Waals surface area contributed by atoms with Gasteiger partial charge in [-0.05, 0) is 62.9 Å². The maximum Gasteiger partial charge on any atom is 0.119 e. The van der Waals surface area contributed by atoms with Gasteiger partial charge in [0.15, 0.2) is 0 Å². The summed E-state index contributed by atoms with van der Waals surface area (Å²) in [5.41, 5.74) is 1.26. The van der Waals surface area contributed by atoms with E-state index in [1.54, 1.807) is 0 Å². The van der Waals surface area contributed by atoms with Crippen molar-refractivity contribution in [3.8, 4) is 11.8 Å². The lowest BCUT2D eigenvalue weighted by molar-refractivity contribution is 0.284. The highest BCUT2D eigenvalue weighted by Crippen LogP contribution is 2.21. The van der Waals surface area contributed by atoms with Gasteiger partial charge >= 0.3 is 0 Å². The van der Waals surface area contributed by atoms with E-state index in [0.717, 1.165) is 24.2 Å². The molecule has 0 aliphatic carbocycles. The molecule has 0 amide bonds. The number of hydrogen-bond donors (Lipinski definition) is 1. The normalized spacial score (nSPS) is 12.0. The van der Waals surface area contributed by atoms with Crippen LogP contribution in [-0.4, -0.2) is 17.5 Å². The summed E-state index contributed by atoms with van der Waals surface area (Å²) in [6.07, 6.45) is 2.35. The topological polar surface area (TPSA) is 65.6 Å². The van der Waals surface area contributed by atoms with E-state index in [1.165, 1.54) is 0 Å². The molecule has 0 atom stereocenters. The molecule has 0 radical (unpaired) electrons. The molecule has 0 fully saturated rings. The summed E-state index contributed by atoms with van der Waals surface area (Å²) in [6.45, 7) is 6.40. The van der Waals surface area contributed by atoms with Crippen molar-refractivity contribution in [3.05, 3.63) is 29.8 Å². The minimum atomic E-state index is -0.291. The molecule has 0 unspecified atom stereocenters. The van der Waals surface area contributed by atoms with Gasteiger partial charge in [0, 0.05) is 0 Å². The van der Waals surface area contributed by atoms with Gasteiger partial charge in [-0.15, -0.1) is 0 Å². The number of oxime groups is 1. The summed E-state index contributed by atoms with van der Waals surface area (Å²) in [4.78, 5) is 0. The number of rotatable bonds is 7. The zero-order valence-electron chi connectivity index (χ0n) is 12.4. The average molecular weight is 274 g/mol. The average Bonchev–Trinajstić information content (AvgIpc) is 2.46. The summed E-state index contributed by atoms with van der Waals surface area (Å²) >= 11 is 0. The lowest BCUT2D eigenvalue weighted by Crippen LogP contribution is -2.10. The quantitative estimate of drug-likeness (QED) is 0.354. The Balaban J connectivity index is 2.45. The van der Waals surface area contributed by atoms with Crippen LogP contribution in [0.2, 0.25) is 0 Å². The number of nitrogens with zero attached hydrogens (tertiary/aromatic N) is 2. The van der Waals surface area contributed by atoms with Gasteiger partial charge in [-0.1, -0.05) is 12.1 Å². The van der Waals surface area contributed by atoms with Crippen LogP contribution in [0.3, 0.4) is 0 Å². The molecule has 20 heavy (non-hydrogen) atoms. The van der Waals surface area contributed by atoms with Crippen LogP contribution >= 0.6 is 0 Å². The molecule has 1 aromatic rings. The van der Waals surface area contributed by atoms with Crippen LogP contribution in [0.1, 0.15) is 45.6 Å². The maximum absolute atomic E-state index is 8.92. The largest absolute Gasteiger partial charge is 0.494 e. The molecule has 1 rings (SSSR count). The molecule has 4 nitrogen and oxygen atoms in total. The van der Waals surface area contributed by atoms with Gasteiger partial charge in [0.2, 0.25) is 0 Å². The number of hydrogen-bond acceptors (Lipinski definition) is 4. The summed E-state index contributed by atoms with van der Waals surface area (Å²) in [5, 5.41) is 21.0. The van der Waals surface area contributed by atoms with Crippen LogP contribution in [-0.2, 0) is 0 Å². The first kappa shape index (κ1) is 16.0. The van der Waals surface area contributed by atoms with Crippen molar-refractivity contribution >= 4 is 5.71 Å². The van der Waals surface area contributed by atoms with E-state index in [4.69, 9.17) is 15.2 Å². The zero-order valence-corrected chi connectivity index (χ0v) is 12.4. The minimum Gasteiger partial charge on any atom is -0.494 e. The Hall–Kier alpha value is -2.02. The molecule has 0 aromatic heterocycles. The van der Waals surface area contributed by atoms with Crippen LogP contribution in [0.4, 0.5) is 0 Å². The van der Waals surface area contributed by atoms with E-state index < -0.39 is 0 Å². The lowest BCUT2D eigenvalue weighted by Gasteiger charge is -2.14. The van der Waals surface area contributed by atoms with Crippen molar-refractivity contribution < 1.29 is 9.94 Å². The van der Waals surface area contributed by atoms with Crippen molar-refractivity contribution in [3.63, 3.8) is 0 Å². The summed E-state index contributed by atoms with van der Waals surface area (Å²) in [5.74, 6) is 0.789. The van der Waals surface area contributed by atoms with E-state index in [9.17, 15) is 0 Å². The van der Waals surface area contributed by atoms with Gasteiger partial charge in [0.1, 0.15) is 5.75 Å². The molecule has 0 heterocycles. The van der Waals surface area contributed by atoms with Crippen molar-refractivity contribution in [1.82, 2.24) is 0 Å². The molecule has 0 saturated heterocycles. The fourth-order valence-corrected chi connectivity index (χ4v) is 1.84. The van der Waals surface area contributed by atoms with E-state index in [1.807, 2.05) is 45.0 Å². The molecular weight excluding hydrogens is 252 g/mol. The monoisotopic (exact) mass is 274 g/mol. The van der Waals surface area contributed by atoms with Gasteiger partial charge < -0.3 is 9.94 Å². The van der Waals surface area contributed by atoms with Gasteiger partial charge in [0.05, 0.1) is 23.8 Å². The fraction of sp³-hybridized carbons (Fsp3) is 0.500. The second kappa shape index (κ2) is 7.54. The first-order chi connectivity index (χ1) is 9.52. The third-order valence-corrected chi connectivity index (χ3v) is 3.16. The van der Waals surface area contributed by atoms with Crippen LogP contribution in [0.25, 0.3) is 0 Å². The highest BCUT2D eigenvalue weighted by Gasteiger charge is 2.15. The van der Waals surface area contributed by atoms with Crippen molar-refractivity contribution in [1.29, 1.82) is 5.26 Å². The van der Waals surface area contributed by atoms with Gasteiger partial charge in [0.25, 0.3) is 0 Å². The SMILES string of the molecule is CCC(=NO)c1ccc(OCCCC(C)(C)C#N)cc1. The lowest BCUT2D eigenvalue weighted by atomic mass is 9.90. The smallest absolute Gasteiger partial charge is 0.119 e. The van der Waals surface area contributed by atoms with E-state index in [2.05, 4.69) is 11.2 Å². The standard InChI is InChI=1S/C16H22N2O2/c1-4-15(18-19)13-6-8-14(9-7-13)20-11-5-10-16(2,3)12-17/h6-9,19H,4-5,10-11H2,1-3H3. The van der Waals surface area contributed by atoms with Crippen LogP contribution in [0.5, 0.6) is 5.75 Å². The molecule has 0 bridgehead atoms. The van der Waals surface area contributed by atoms with Crippen LogP contribution in [0, 0.1) is 16.7 Å². The summed E-state index contributed by atoms with van der Waals surface area (Å²) in [7, 11) is 0. The Bertz CT molecular complexity index is 484. The Morgan fingerprint density at radius 2 is 2.00 bits per heavy atom. The van der Waals surface area contributed by atoms with Crippen molar-refractivity contribution in [2.45, 2.75) is 40.0 Å². The van der Waals surface area contributed by atoms with Crippen LogP contribution < -0.4 is 4.74 Å². The predicted octanol–water partition coefficient (Wildman–Crippen LogP) is 3.98. The molecular formula is C16H22N2O2. The van der Waals surface area contributed by atoms with Crippen molar-refractivity contribution in [2.24, 2.45) is 10.6 Å². The molecule has 1 N–H and O–H groups in total. The third kappa shape index (κ3) is 4.93. The number of ether oxygens (including phenoxy) is 1. The van der Waals surface area contributed by atoms with Gasteiger partial charge in [-0.25, -0.2) is 0 Å². The Kier molecular flexibility index (Phi) is 6.05. The Labute approximate surface area is 120 Å². The second-order valence-corrected chi connectivity index (χ2v) is 5.37. The fourth-order valence-electron chi connectivity index (χ4n) is 1.84.